The molecule has 1 atom stereocenters. The molecule has 1 N–H and O–H groups in total. The zero-order valence-electron chi connectivity index (χ0n) is 16.4. The van der Waals surface area contributed by atoms with Crippen LogP contribution >= 0.6 is 0 Å². The summed E-state index contributed by atoms with van der Waals surface area (Å²) in [4.78, 5) is 14.9. The van der Waals surface area contributed by atoms with Crippen LogP contribution < -0.4 is 5.32 Å². The van der Waals surface area contributed by atoms with Crippen molar-refractivity contribution >= 4 is 11.6 Å². The standard InChI is InChI=1S/C23H30N2O/c1-16(2)19-13-7-9-17(3)23(19)24-22(26)15-25(4)21-14-8-11-18-10-5-6-12-20(18)21/h5-7,9-10,12-13,16,21H,8,11,14-15H2,1-4H3,(H,24,26)/t21-/m0/s1. The molecule has 138 valence electrons. The van der Waals surface area contributed by atoms with E-state index in [4.69, 9.17) is 0 Å². The van der Waals surface area contributed by atoms with E-state index < -0.39 is 0 Å². The minimum Gasteiger partial charge on any atom is -0.324 e. The van der Waals surface area contributed by atoms with E-state index in [1.54, 1.807) is 0 Å². The predicted molar refractivity (Wildman–Crippen MR) is 109 cm³/mol. The van der Waals surface area contributed by atoms with Gasteiger partial charge in [0.2, 0.25) is 5.91 Å². The number of anilines is 1. The summed E-state index contributed by atoms with van der Waals surface area (Å²) in [5.74, 6) is 0.444. The molecule has 3 rings (SSSR count). The Hall–Kier alpha value is -2.13. The predicted octanol–water partition coefficient (Wildman–Crippen LogP) is 5.07. The van der Waals surface area contributed by atoms with Crippen LogP contribution in [0.1, 0.15) is 60.9 Å². The smallest absolute Gasteiger partial charge is 0.238 e. The normalized spacial score (nSPS) is 16.6. The van der Waals surface area contributed by atoms with Gasteiger partial charge in [0, 0.05) is 11.7 Å². The summed E-state index contributed by atoms with van der Waals surface area (Å²) in [5.41, 5.74) is 6.11. The third-order valence-electron chi connectivity index (χ3n) is 5.45. The van der Waals surface area contributed by atoms with Gasteiger partial charge in [-0.3, -0.25) is 9.69 Å². The van der Waals surface area contributed by atoms with Crippen LogP contribution in [0.4, 0.5) is 5.69 Å². The summed E-state index contributed by atoms with van der Waals surface area (Å²) in [7, 11) is 2.06. The lowest BCUT2D eigenvalue weighted by Crippen LogP contribution is -2.35. The van der Waals surface area contributed by atoms with Gasteiger partial charge in [0.25, 0.3) is 0 Å². The molecule has 2 aromatic carbocycles. The van der Waals surface area contributed by atoms with Crippen molar-refractivity contribution in [2.45, 2.75) is 52.0 Å². The van der Waals surface area contributed by atoms with E-state index >= 15 is 0 Å². The van der Waals surface area contributed by atoms with Crippen molar-refractivity contribution in [1.82, 2.24) is 4.90 Å². The molecule has 0 aliphatic heterocycles. The van der Waals surface area contributed by atoms with E-state index in [1.807, 2.05) is 0 Å². The number of fused-ring (bicyclic) bond motifs is 1. The Morgan fingerprint density at radius 1 is 1.19 bits per heavy atom. The molecule has 0 radical (unpaired) electrons. The lowest BCUT2D eigenvalue weighted by Gasteiger charge is -2.33. The van der Waals surface area contributed by atoms with Crippen LogP contribution in [0.5, 0.6) is 0 Å². The number of hydrogen-bond donors (Lipinski definition) is 1. The van der Waals surface area contributed by atoms with Crippen molar-refractivity contribution in [1.29, 1.82) is 0 Å². The fourth-order valence-corrected chi connectivity index (χ4v) is 4.04. The molecule has 3 nitrogen and oxygen atoms in total. The second-order valence-corrected chi connectivity index (χ2v) is 7.76. The summed E-state index contributed by atoms with van der Waals surface area (Å²) in [6, 6.07) is 15.2. The van der Waals surface area contributed by atoms with Gasteiger partial charge in [-0.05, 0) is 61.4 Å². The Balaban J connectivity index is 1.72. The van der Waals surface area contributed by atoms with Gasteiger partial charge in [0.15, 0.2) is 0 Å². The number of hydrogen-bond acceptors (Lipinski definition) is 2. The van der Waals surface area contributed by atoms with E-state index in [9.17, 15) is 4.79 Å². The fraction of sp³-hybridized carbons (Fsp3) is 0.435. The van der Waals surface area contributed by atoms with Gasteiger partial charge in [-0.15, -0.1) is 0 Å². The van der Waals surface area contributed by atoms with Gasteiger partial charge < -0.3 is 5.32 Å². The van der Waals surface area contributed by atoms with Crippen LogP contribution in [0.3, 0.4) is 0 Å². The van der Waals surface area contributed by atoms with Gasteiger partial charge in [-0.2, -0.15) is 0 Å². The average molecular weight is 351 g/mol. The number of nitrogens with one attached hydrogen (secondary N) is 1. The number of likely N-dealkylation sites (N-methyl/N-ethyl adjacent to an activating group) is 1. The highest BCUT2D eigenvalue weighted by atomic mass is 16.2. The van der Waals surface area contributed by atoms with Gasteiger partial charge in [-0.25, -0.2) is 0 Å². The molecular weight excluding hydrogens is 320 g/mol. The maximum absolute atomic E-state index is 12.8. The number of amides is 1. The quantitative estimate of drug-likeness (QED) is 0.817. The molecule has 26 heavy (non-hydrogen) atoms. The van der Waals surface area contributed by atoms with Gasteiger partial charge in [0.05, 0.1) is 6.54 Å². The molecule has 3 heteroatoms. The minimum atomic E-state index is 0.0618. The first-order valence-electron chi connectivity index (χ1n) is 9.64. The molecule has 0 aromatic heterocycles. The fourth-order valence-electron chi connectivity index (χ4n) is 4.04. The maximum atomic E-state index is 12.8. The number of nitrogens with zero attached hydrogens (tertiary/aromatic N) is 1. The van der Waals surface area contributed by atoms with Gasteiger partial charge >= 0.3 is 0 Å². The highest BCUT2D eigenvalue weighted by Crippen LogP contribution is 2.33. The van der Waals surface area contributed by atoms with Crippen LogP contribution in [0.25, 0.3) is 0 Å². The lowest BCUT2D eigenvalue weighted by atomic mass is 9.87. The van der Waals surface area contributed by atoms with Gasteiger partial charge in [-0.1, -0.05) is 56.3 Å². The second kappa shape index (κ2) is 8.05. The van der Waals surface area contributed by atoms with Crippen LogP contribution in [0.2, 0.25) is 0 Å². The molecule has 0 saturated carbocycles. The summed E-state index contributed by atoms with van der Waals surface area (Å²) >= 11 is 0. The Morgan fingerprint density at radius 3 is 2.73 bits per heavy atom. The van der Waals surface area contributed by atoms with Crippen LogP contribution in [0, 0.1) is 6.92 Å². The van der Waals surface area contributed by atoms with E-state index in [-0.39, 0.29) is 5.91 Å². The number of aryl methyl sites for hydroxylation is 2. The Kier molecular flexibility index (Phi) is 5.77. The molecule has 0 bridgehead atoms. The lowest BCUT2D eigenvalue weighted by molar-refractivity contribution is -0.117. The van der Waals surface area contributed by atoms with Crippen LogP contribution in [0.15, 0.2) is 42.5 Å². The summed E-state index contributed by atoms with van der Waals surface area (Å²) in [5, 5.41) is 3.17. The molecule has 0 unspecified atom stereocenters. The molecular formula is C23H30N2O. The van der Waals surface area contributed by atoms with Crippen molar-refractivity contribution in [3.8, 4) is 0 Å². The summed E-state index contributed by atoms with van der Waals surface area (Å²) < 4.78 is 0. The first kappa shape index (κ1) is 18.7. The average Bonchev–Trinajstić information content (AvgIpc) is 2.62. The zero-order valence-corrected chi connectivity index (χ0v) is 16.4. The molecule has 1 amide bonds. The number of para-hydroxylation sites is 1. The molecule has 2 aromatic rings. The van der Waals surface area contributed by atoms with Crippen molar-refractivity contribution in [2.24, 2.45) is 0 Å². The van der Waals surface area contributed by atoms with E-state index in [0.717, 1.165) is 24.1 Å². The Bertz CT molecular complexity index is 782. The summed E-state index contributed by atoms with van der Waals surface area (Å²) in [6.07, 6.45) is 3.44. The molecule has 0 heterocycles. The maximum Gasteiger partial charge on any atom is 0.238 e. The molecule has 1 aliphatic rings. The van der Waals surface area contributed by atoms with E-state index in [0.29, 0.717) is 18.5 Å². The van der Waals surface area contributed by atoms with E-state index in [2.05, 4.69) is 80.5 Å². The molecule has 0 spiro atoms. The monoisotopic (exact) mass is 350 g/mol. The molecule has 0 fully saturated rings. The first-order chi connectivity index (χ1) is 12.5. The third-order valence-corrected chi connectivity index (χ3v) is 5.45. The number of carbonyl (C=O) groups excluding carboxylic acids is 1. The zero-order chi connectivity index (χ0) is 18.7. The van der Waals surface area contributed by atoms with Crippen LogP contribution in [-0.2, 0) is 11.2 Å². The largest absolute Gasteiger partial charge is 0.324 e. The van der Waals surface area contributed by atoms with Crippen molar-refractivity contribution in [3.63, 3.8) is 0 Å². The van der Waals surface area contributed by atoms with E-state index in [1.165, 1.54) is 23.1 Å². The van der Waals surface area contributed by atoms with Crippen molar-refractivity contribution in [3.05, 3.63) is 64.7 Å². The number of carbonyl (C=O) groups is 1. The molecule has 0 saturated heterocycles. The van der Waals surface area contributed by atoms with Crippen LogP contribution in [-0.4, -0.2) is 24.4 Å². The second-order valence-electron chi connectivity index (χ2n) is 7.76. The minimum absolute atomic E-state index is 0.0618. The van der Waals surface area contributed by atoms with Crippen molar-refractivity contribution in [2.75, 3.05) is 18.9 Å². The summed E-state index contributed by atoms with van der Waals surface area (Å²) in [6.45, 7) is 6.79. The first-order valence-corrected chi connectivity index (χ1v) is 9.64. The number of benzene rings is 2. The van der Waals surface area contributed by atoms with Gasteiger partial charge in [0.1, 0.15) is 0 Å². The SMILES string of the molecule is Cc1cccc(C(C)C)c1NC(=O)CN(C)[C@H]1CCCc2ccccc21. The Morgan fingerprint density at radius 2 is 1.96 bits per heavy atom. The molecule has 1 aliphatic carbocycles. The number of rotatable bonds is 5. The Labute approximate surface area is 157 Å². The highest BCUT2D eigenvalue weighted by Gasteiger charge is 2.25. The third kappa shape index (κ3) is 3.99. The van der Waals surface area contributed by atoms with Crippen molar-refractivity contribution < 1.29 is 4.79 Å². The topological polar surface area (TPSA) is 32.3 Å². The highest BCUT2D eigenvalue weighted by molar-refractivity contribution is 5.94.